The average Bonchev–Trinajstić information content (AvgIpc) is 2.80. The monoisotopic (exact) mass is 423 g/mol. The lowest BCUT2D eigenvalue weighted by molar-refractivity contribution is -0.903. The lowest BCUT2D eigenvalue weighted by Crippen LogP contribution is -3.16. The molecule has 3 aromatic carbocycles. The van der Waals surface area contributed by atoms with Gasteiger partial charge < -0.3 is 24.4 Å². The van der Waals surface area contributed by atoms with Crippen molar-refractivity contribution < 1.29 is 23.9 Å². The van der Waals surface area contributed by atoms with E-state index in [0.717, 1.165) is 37.6 Å². The first-order valence-corrected chi connectivity index (χ1v) is 10.6. The molecule has 31 heavy (non-hydrogen) atoms. The maximum Gasteiger partial charge on any atom is 0.137 e. The molecule has 1 aliphatic heterocycles. The Labute approximate surface area is 182 Å². The Morgan fingerprint density at radius 2 is 1.55 bits per heavy atom. The molecule has 3 aromatic rings. The van der Waals surface area contributed by atoms with E-state index in [1.807, 2.05) is 66.7 Å². The van der Waals surface area contributed by atoms with E-state index < -0.39 is 6.10 Å². The molecule has 2 N–H and O–H groups in total. The molecule has 0 radical (unpaired) electrons. The first-order chi connectivity index (χ1) is 15.2. The molecular weight excluding hydrogens is 395 g/mol. The SMILES string of the molecule is O[C@@H](COc1cccc(Oc2ccccc2)c1)C[NH+]1CCN(c2ccc(F)cc2)CC1. The third-order valence-electron chi connectivity index (χ3n) is 5.41. The molecule has 0 unspecified atom stereocenters. The van der Waals surface area contributed by atoms with Crippen LogP contribution in [0.4, 0.5) is 10.1 Å². The zero-order valence-electron chi connectivity index (χ0n) is 17.4. The molecule has 0 amide bonds. The first-order valence-electron chi connectivity index (χ1n) is 10.6. The second kappa shape index (κ2) is 10.3. The number of hydrogen-bond donors (Lipinski definition) is 2. The molecule has 1 atom stereocenters. The summed E-state index contributed by atoms with van der Waals surface area (Å²) in [5.41, 5.74) is 1.04. The highest BCUT2D eigenvalue weighted by atomic mass is 19.1. The van der Waals surface area contributed by atoms with Crippen LogP contribution in [0.25, 0.3) is 0 Å². The van der Waals surface area contributed by atoms with Crippen molar-refractivity contribution in [3.63, 3.8) is 0 Å². The highest BCUT2D eigenvalue weighted by Gasteiger charge is 2.23. The Morgan fingerprint density at radius 3 is 2.29 bits per heavy atom. The van der Waals surface area contributed by atoms with E-state index in [1.54, 1.807) is 0 Å². The lowest BCUT2D eigenvalue weighted by Gasteiger charge is -2.34. The van der Waals surface area contributed by atoms with Gasteiger partial charge in [0.15, 0.2) is 0 Å². The number of anilines is 1. The molecule has 162 valence electrons. The third-order valence-corrected chi connectivity index (χ3v) is 5.41. The lowest BCUT2D eigenvalue weighted by atomic mass is 10.2. The number of ether oxygens (including phenoxy) is 2. The van der Waals surface area contributed by atoms with Crippen LogP contribution in [0.3, 0.4) is 0 Å². The number of aliphatic hydroxyl groups excluding tert-OH is 1. The molecule has 4 rings (SSSR count). The molecule has 6 heteroatoms. The molecule has 5 nitrogen and oxygen atoms in total. The fraction of sp³-hybridized carbons (Fsp3) is 0.280. The minimum absolute atomic E-state index is 0.215. The number of benzene rings is 3. The van der Waals surface area contributed by atoms with Crippen LogP contribution in [0.2, 0.25) is 0 Å². The maximum atomic E-state index is 13.1. The molecule has 1 saturated heterocycles. The summed E-state index contributed by atoms with van der Waals surface area (Å²) < 4.78 is 24.7. The topological polar surface area (TPSA) is 46.4 Å². The van der Waals surface area contributed by atoms with Crippen molar-refractivity contribution >= 4 is 5.69 Å². The zero-order valence-corrected chi connectivity index (χ0v) is 17.4. The van der Waals surface area contributed by atoms with Crippen molar-refractivity contribution in [3.8, 4) is 17.2 Å². The van der Waals surface area contributed by atoms with Gasteiger partial charge in [-0.25, -0.2) is 4.39 Å². The van der Waals surface area contributed by atoms with E-state index >= 15 is 0 Å². The van der Waals surface area contributed by atoms with Gasteiger partial charge in [-0.05, 0) is 48.5 Å². The van der Waals surface area contributed by atoms with Gasteiger partial charge in [0.2, 0.25) is 0 Å². The minimum Gasteiger partial charge on any atom is -0.491 e. The number of halogens is 1. The van der Waals surface area contributed by atoms with Crippen molar-refractivity contribution in [3.05, 3.63) is 84.7 Å². The predicted molar refractivity (Wildman–Crippen MR) is 119 cm³/mol. The van der Waals surface area contributed by atoms with Gasteiger partial charge in [0, 0.05) is 11.8 Å². The van der Waals surface area contributed by atoms with E-state index in [9.17, 15) is 9.50 Å². The number of para-hydroxylation sites is 1. The van der Waals surface area contributed by atoms with Crippen molar-refractivity contribution in [1.82, 2.24) is 0 Å². The number of rotatable bonds is 8. The highest BCUT2D eigenvalue weighted by Crippen LogP contribution is 2.25. The van der Waals surface area contributed by atoms with E-state index in [-0.39, 0.29) is 12.4 Å². The van der Waals surface area contributed by atoms with Crippen LogP contribution in [0, 0.1) is 5.82 Å². The Bertz CT molecular complexity index is 944. The van der Waals surface area contributed by atoms with Crippen molar-refractivity contribution in [2.45, 2.75) is 6.10 Å². The molecule has 0 saturated carbocycles. The van der Waals surface area contributed by atoms with Gasteiger partial charge in [0.1, 0.15) is 42.3 Å². The normalized spacial score (nSPS) is 15.5. The van der Waals surface area contributed by atoms with E-state index in [2.05, 4.69) is 4.90 Å². The third kappa shape index (κ3) is 6.20. The number of nitrogens with zero attached hydrogens (tertiary/aromatic N) is 1. The van der Waals surface area contributed by atoms with Crippen LogP contribution in [0.15, 0.2) is 78.9 Å². The Balaban J connectivity index is 1.21. The van der Waals surface area contributed by atoms with Crippen LogP contribution in [0.5, 0.6) is 17.2 Å². The second-order valence-corrected chi connectivity index (χ2v) is 7.77. The highest BCUT2D eigenvalue weighted by molar-refractivity contribution is 5.46. The maximum absolute atomic E-state index is 13.1. The molecule has 1 heterocycles. The molecule has 0 aliphatic carbocycles. The fourth-order valence-electron chi connectivity index (χ4n) is 3.77. The molecule has 0 spiro atoms. The summed E-state index contributed by atoms with van der Waals surface area (Å²) in [6, 6.07) is 23.7. The summed E-state index contributed by atoms with van der Waals surface area (Å²) in [6.45, 7) is 4.49. The summed E-state index contributed by atoms with van der Waals surface area (Å²) in [7, 11) is 0. The van der Waals surface area contributed by atoms with E-state index in [0.29, 0.717) is 18.0 Å². The van der Waals surface area contributed by atoms with Gasteiger partial charge >= 0.3 is 0 Å². The van der Waals surface area contributed by atoms with Gasteiger partial charge in [-0.2, -0.15) is 0 Å². The molecule has 0 bridgehead atoms. The summed E-state index contributed by atoms with van der Waals surface area (Å²) >= 11 is 0. The number of hydrogen-bond acceptors (Lipinski definition) is 4. The van der Waals surface area contributed by atoms with Crippen molar-refractivity contribution in [2.24, 2.45) is 0 Å². The summed E-state index contributed by atoms with van der Waals surface area (Å²) in [5, 5.41) is 10.4. The van der Waals surface area contributed by atoms with Gasteiger partial charge in [0.05, 0.1) is 26.2 Å². The van der Waals surface area contributed by atoms with Gasteiger partial charge in [-0.15, -0.1) is 0 Å². The van der Waals surface area contributed by atoms with Crippen LogP contribution >= 0.6 is 0 Å². The van der Waals surface area contributed by atoms with Crippen LogP contribution in [-0.2, 0) is 0 Å². The number of aliphatic hydroxyl groups is 1. The largest absolute Gasteiger partial charge is 0.491 e. The molecule has 1 fully saturated rings. The minimum atomic E-state index is -0.550. The van der Waals surface area contributed by atoms with Crippen LogP contribution < -0.4 is 19.3 Å². The van der Waals surface area contributed by atoms with E-state index in [1.165, 1.54) is 17.0 Å². The summed E-state index contributed by atoms with van der Waals surface area (Å²) in [4.78, 5) is 3.60. The smallest absolute Gasteiger partial charge is 0.137 e. The van der Waals surface area contributed by atoms with Gasteiger partial charge in [-0.3, -0.25) is 0 Å². The predicted octanol–water partition coefficient (Wildman–Crippen LogP) is 2.76. The Hall–Kier alpha value is -3.09. The Kier molecular flexibility index (Phi) is 7.02. The summed E-state index contributed by atoms with van der Waals surface area (Å²) in [5.74, 6) is 1.92. The first kappa shape index (κ1) is 21.2. The van der Waals surface area contributed by atoms with Gasteiger partial charge in [-0.1, -0.05) is 24.3 Å². The second-order valence-electron chi connectivity index (χ2n) is 7.77. The van der Waals surface area contributed by atoms with Crippen LogP contribution in [-0.4, -0.2) is 50.5 Å². The molecular formula is C25H28FN2O3+. The molecule has 0 aromatic heterocycles. The fourth-order valence-corrected chi connectivity index (χ4v) is 3.77. The Morgan fingerprint density at radius 1 is 0.871 bits per heavy atom. The summed E-state index contributed by atoms with van der Waals surface area (Å²) in [6.07, 6.45) is -0.550. The average molecular weight is 424 g/mol. The quantitative estimate of drug-likeness (QED) is 0.585. The van der Waals surface area contributed by atoms with Crippen LogP contribution in [0.1, 0.15) is 0 Å². The zero-order chi connectivity index (χ0) is 21.5. The number of piperazine rings is 1. The van der Waals surface area contributed by atoms with Gasteiger partial charge in [0.25, 0.3) is 0 Å². The number of nitrogens with one attached hydrogen (secondary N) is 1. The van der Waals surface area contributed by atoms with Crippen molar-refractivity contribution in [2.75, 3.05) is 44.2 Å². The standard InChI is InChI=1S/C25H27FN2O3/c26-20-9-11-21(12-10-20)28-15-13-27(14-16-28)18-22(29)19-30-24-7-4-8-25(17-24)31-23-5-2-1-3-6-23/h1-12,17,22,29H,13-16,18-19H2/p+1/t22-/m1/s1. The number of quaternary nitrogens is 1. The molecule has 1 aliphatic rings. The van der Waals surface area contributed by atoms with Crippen molar-refractivity contribution in [1.29, 1.82) is 0 Å². The van der Waals surface area contributed by atoms with E-state index in [4.69, 9.17) is 9.47 Å².